The molecule has 3 rings (SSSR count). The first kappa shape index (κ1) is 27.8. The lowest BCUT2D eigenvalue weighted by Gasteiger charge is -2.40. The second kappa shape index (κ2) is 12.4. The fourth-order valence-corrected chi connectivity index (χ4v) is 8.67. The Morgan fingerprint density at radius 1 is 1.23 bits per heavy atom. The molecule has 0 aromatic carbocycles. The molecular formula is C27H42N2O5S. The highest BCUT2D eigenvalue weighted by molar-refractivity contribution is 8.02. The Morgan fingerprint density at radius 2 is 1.97 bits per heavy atom. The molecule has 0 aliphatic carbocycles. The maximum atomic E-state index is 14.2. The molecular weight excluding hydrogens is 464 g/mol. The number of fused-ring (bicyclic) bond motifs is 1. The highest BCUT2D eigenvalue weighted by Crippen LogP contribution is 2.68. The molecule has 35 heavy (non-hydrogen) atoms. The van der Waals surface area contributed by atoms with Crippen molar-refractivity contribution < 1.29 is 24.2 Å². The lowest BCUT2D eigenvalue weighted by molar-refractivity contribution is -0.153. The molecule has 2 bridgehead atoms. The van der Waals surface area contributed by atoms with Gasteiger partial charge in [0.25, 0.3) is 0 Å². The van der Waals surface area contributed by atoms with Gasteiger partial charge in [0.15, 0.2) is 0 Å². The SMILES string of the molecule is C=CCOC(=O)[C@@H]1[C@H]2C(=O)N(CCCCCCO)C(C(=O)N(CC=C)CCCC)C23S[C@@H]1CC3C. The molecule has 3 aliphatic rings. The largest absolute Gasteiger partial charge is 0.461 e. The van der Waals surface area contributed by atoms with Crippen molar-refractivity contribution in [2.24, 2.45) is 17.8 Å². The van der Waals surface area contributed by atoms with Crippen molar-refractivity contribution in [3.8, 4) is 0 Å². The van der Waals surface area contributed by atoms with Gasteiger partial charge in [0.05, 0.1) is 16.6 Å². The van der Waals surface area contributed by atoms with E-state index < -0.39 is 22.6 Å². The van der Waals surface area contributed by atoms with E-state index >= 15 is 0 Å². The van der Waals surface area contributed by atoms with Crippen molar-refractivity contribution in [2.45, 2.75) is 74.8 Å². The van der Waals surface area contributed by atoms with E-state index in [1.54, 1.807) is 28.8 Å². The molecule has 0 saturated carbocycles. The predicted molar refractivity (Wildman–Crippen MR) is 139 cm³/mol. The van der Waals surface area contributed by atoms with Crippen LogP contribution >= 0.6 is 11.8 Å². The molecule has 1 spiro atoms. The summed E-state index contributed by atoms with van der Waals surface area (Å²) in [6.45, 7) is 13.6. The van der Waals surface area contributed by atoms with Crippen molar-refractivity contribution in [2.75, 3.05) is 32.8 Å². The summed E-state index contributed by atoms with van der Waals surface area (Å²) in [5, 5.41) is 9.08. The van der Waals surface area contributed by atoms with Gasteiger partial charge >= 0.3 is 5.97 Å². The summed E-state index contributed by atoms with van der Waals surface area (Å²) in [4.78, 5) is 44.9. The van der Waals surface area contributed by atoms with Crippen molar-refractivity contribution in [1.29, 1.82) is 0 Å². The van der Waals surface area contributed by atoms with Gasteiger partial charge in [-0.3, -0.25) is 14.4 Å². The number of thioether (sulfide) groups is 1. The molecule has 3 aliphatic heterocycles. The number of carbonyl (C=O) groups is 3. The number of hydrogen-bond donors (Lipinski definition) is 1. The quantitative estimate of drug-likeness (QED) is 0.208. The number of aliphatic hydroxyl groups excluding tert-OH is 1. The van der Waals surface area contributed by atoms with Crippen LogP contribution in [0.25, 0.3) is 0 Å². The monoisotopic (exact) mass is 506 g/mol. The van der Waals surface area contributed by atoms with Crippen LogP contribution in [0.1, 0.15) is 58.8 Å². The molecule has 0 aromatic heterocycles. The highest BCUT2D eigenvalue weighted by atomic mass is 32.2. The second-order valence-corrected chi connectivity index (χ2v) is 11.6. The molecule has 2 amide bonds. The number of rotatable bonds is 15. The number of amides is 2. The third kappa shape index (κ3) is 5.19. The van der Waals surface area contributed by atoms with E-state index in [2.05, 4.69) is 27.0 Å². The average Bonchev–Trinajstić information content (AvgIpc) is 3.43. The van der Waals surface area contributed by atoms with Crippen LogP contribution < -0.4 is 0 Å². The summed E-state index contributed by atoms with van der Waals surface area (Å²) < 4.78 is 4.82. The van der Waals surface area contributed by atoms with Crippen LogP contribution in [0.5, 0.6) is 0 Å². The summed E-state index contributed by atoms with van der Waals surface area (Å²) >= 11 is 1.68. The molecule has 3 saturated heterocycles. The van der Waals surface area contributed by atoms with Crippen LogP contribution in [-0.4, -0.2) is 81.6 Å². The summed E-state index contributed by atoms with van der Waals surface area (Å²) in [5.74, 6) is -1.38. The van der Waals surface area contributed by atoms with E-state index in [1.165, 1.54) is 0 Å². The Hall–Kier alpha value is -1.80. The maximum absolute atomic E-state index is 14.2. The smallest absolute Gasteiger partial charge is 0.311 e. The van der Waals surface area contributed by atoms with E-state index in [1.807, 2.05) is 4.90 Å². The zero-order valence-corrected chi connectivity index (χ0v) is 22.1. The van der Waals surface area contributed by atoms with Gasteiger partial charge in [-0.25, -0.2) is 0 Å². The van der Waals surface area contributed by atoms with Gasteiger partial charge in [0.2, 0.25) is 11.8 Å². The van der Waals surface area contributed by atoms with E-state index in [-0.39, 0.29) is 42.2 Å². The zero-order chi connectivity index (χ0) is 25.6. The fraction of sp³-hybridized carbons (Fsp3) is 0.741. The third-order valence-corrected chi connectivity index (χ3v) is 9.92. The van der Waals surface area contributed by atoms with Crippen LogP contribution in [0.4, 0.5) is 0 Å². The molecule has 8 heteroatoms. The highest BCUT2D eigenvalue weighted by Gasteiger charge is 2.76. The lowest BCUT2D eigenvalue weighted by Crippen LogP contribution is -2.57. The fourth-order valence-electron chi connectivity index (χ4n) is 6.26. The van der Waals surface area contributed by atoms with Gasteiger partial charge in [-0.05, 0) is 31.6 Å². The molecule has 6 atom stereocenters. The van der Waals surface area contributed by atoms with Crippen molar-refractivity contribution >= 4 is 29.5 Å². The zero-order valence-electron chi connectivity index (χ0n) is 21.3. The molecule has 7 nitrogen and oxygen atoms in total. The van der Waals surface area contributed by atoms with Crippen LogP contribution in [0.15, 0.2) is 25.3 Å². The number of esters is 1. The Morgan fingerprint density at radius 3 is 2.63 bits per heavy atom. The molecule has 1 N–H and O–H groups in total. The van der Waals surface area contributed by atoms with Gasteiger partial charge in [-0.2, -0.15) is 0 Å². The maximum Gasteiger partial charge on any atom is 0.311 e. The molecule has 3 unspecified atom stereocenters. The van der Waals surface area contributed by atoms with E-state index in [9.17, 15) is 14.4 Å². The number of unbranched alkanes of at least 4 members (excludes halogenated alkanes) is 4. The number of nitrogens with zero attached hydrogens (tertiary/aromatic N) is 2. The third-order valence-electron chi connectivity index (χ3n) is 7.84. The minimum atomic E-state index is -0.618. The number of hydrogen-bond acceptors (Lipinski definition) is 6. The summed E-state index contributed by atoms with van der Waals surface area (Å²) in [7, 11) is 0. The summed E-state index contributed by atoms with van der Waals surface area (Å²) in [6, 6.07) is -0.586. The Balaban J connectivity index is 1.95. The molecule has 3 fully saturated rings. The number of aliphatic hydroxyl groups is 1. The van der Waals surface area contributed by atoms with Gasteiger partial charge in [0, 0.05) is 31.5 Å². The van der Waals surface area contributed by atoms with Crippen LogP contribution in [-0.2, 0) is 19.1 Å². The predicted octanol–water partition coefficient (Wildman–Crippen LogP) is 3.42. The summed E-state index contributed by atoms with van der Waals surface area (Å²) in [5.41, 5.74) is 0. The van der Waals surface area contributed by atoms with Crippen molar-refractivity contribution in [3.05, 3.63) is 25.3 Å². The first-order chi connectivity index (χ1) is 16.9. The first-order valence-corrected chi connectivity index (χ1v) is 14.0. The Kier molecular flexibility index (Phi) is 9.87. The molecule has 196 valence electrons. The first-order valence-electron chi connectivity index (χ1n) is 13.1. The minimum Gasteiger partial charge on any atom is -0.461 e. The normalized spacial score (nSPS) is 30.9. The van der Waals surface area contributed by atoms with E-state index in [0.717, 1.165) is 44.9 Å². The van der Waals surface area contributed by atoms with Crippen molar-refractivity contribution in [1.82, 2.24) is 9.80 Å². The standard InChI is InChI=1S/C27H42N2O5S/c1-5-8-14-28(13-6-2)25(32)23-27-19(4)18-20(35-27)21(26(33)34-17-7-3)22(27)24(31)29(23)15-11-9-10-12-16-30/h6-7,19-23,30H,2-3,5,8-18H2,1,4H3/t19?,20-,21+,22+,23?,27?/m1/s1. The molecule has 3 heterocycles. The van der Waals surface area contributed by atoms with Crippen LogP contribution in [0, 0.1) is 17.8 Å². The Bertz CT molecular complexity index is 804. The van der Waals surface area contributed by atoms with E-state index in [4.69, 9.17) is 9.84 Å². The average molecular weight is 507 g/mol. The molecule has 0 radical (unpaired) electrons. The number of likely N-dealkylation sites (tertiary alicyclic amines) is 1. The van der Waals surface area contributed by atoms with Gasteiger partial charge < -0.3 is 19.6 Å². The van der Waals surface area contributed by atoms with Crippen LogP contribution in [0.2, 0.25) is 0 Å². The lowest BCUT2D eigenvalue weighted by atomic mass is 9.66. The summed E-state index contributed by atoms with van der Waals surface area (Å²) in [6.07, 6.45) is 9.21. The van der Waals surface area contributed by atoms with Gasteiger partial charge in [-0.1, -0.05) is 51.8 Å². The van der Waals surface area contributed by atoms with E-state index in [0.29, 0.717) is 19.6 Å². The van der Waals surface area contributed by atoms with Gasteiger partial charge in [-0.15, -0.1) is 18.3 Å². The van der Waals surface area contributed by atoms with Crippen molar-refractivity contribution in [3.63, 3.8) is 0 Å². The van der Waals surface area contributed by atoms with Crippen LogP contribution in [0.3, 0.4) is 0 Å². The minimum absolute atomic E-state index is 0.0123. The Labute approximate surface area is 214 Å². The topological polar surface area (TPSA) is 87.1 Å². The number of carbonyl (C=O) groups excluding carboxylic acids is 3. The number of ether oxygens (including phenoxy) is 1. The molecule has 0 aromatic rings. The van der Waals surface area contributed by atoms with Gasteiger partial charge in [0.1, 0.15) is 12.6 Å². The second-order valence-electron chi connectivity index (χ2n) is 10.1.